The molecule has 2 aromatic heterocycles. The molecule has 1 aliphatic heterocycles. The first-order valence-corrected chi connectivity index (χ1v) is 12.2. The minimum Gasteiger partial charge on any atom is -0.444 e. The van der Waals surface area contributed by atoms with E-state index in [2.05, 4.69) is 42.0 Å². The molecule has 4 rings (SSSR count). The van der Waals surface area contributed by atoms with E-state index in [1.54, 1.807) is 12.1 Å². The maximum Gasteiger partial charge on any atom is 0.410 e. The quantitative estimate of drug-likeness (QED) is 0.323. The summed E-state index contributed by atoms with van der Waals surface area (Å²) in [5.41, 5.74) is 5.18. The number of aldehydes is 1. The first kappa shape index (κ1) is 24.3. The second kappa shape index (κ2) is 9.41. The molecule has 180 valence electrons. The first-order valence-electron chi connectivity index (χ1n) is 11.8. The summed E-state index contributed by atoms with van der Waals surface area (Å²) in [6, 6.07) is 10.1. The Bertz CT molecular complexity index is 1220. The van der Waals surface area contributed by atoms with Crippen LogP contribution in [-0.4, -0.2) is 45.9 Å². The van der Waals surface area contributed by atoms with Crippen molar-refractivity contribution in [2.75, 3.05) is 13.1 Å². The van der Waals surface area contributed by atoms with Gasteiger partial charge in [-0.15, -0.1) is 0 Å². The molecule has 0 unspecified atom stereocenters. The third-order valence-corrected chi connectivity index (χ3v) is 6.48. The Balaban J connectivity index is 1.63. The van der Waals surface area contributed by atoms with E-state index in [9.17, 15) is 9.59 Å². The van der Waals surface area contributed by atoms with Gasteiger partial charge in [0.15, 0.2) is 6.29 Å². The van der Waals surface area contributed by atoms with E-state index in [1.807, 2.05) is 25.7 Å². The summed E-state index contributed by atoms with van der Waals surface area (Å²) in [5.74, 6) is 0.651. The number of benzene rings is 1. The van der Waals surface area contributed by atoms with Gasteiger partial charge in [0.2, 0.25) is 0 Å². The van der Waals surface area contributed by atoms with Crippen LogP contribution in [0.2, 0.25) is 5.15 Å². The zero-order valence-electron chi connectivity index (χ0n) is 20.4. The molecule has 1 fully saturated rings. The molecule has 3 heterocycles. The fourth-order valence-electron chi connectivity index (χ4n) is 4.76. The van der Waals surface area contributed by atoms with Gasteiger partial charge in [-0.05, 0) is 80.8 Å². The Kier molecular flexibility index (Phi) is 6.72. The molecular weight excluding hydrogens is 450 g/mol. The molecule has 7 heteroatoms. The van der Waals surface area contributed by atoms with Crippen molar-refractivity contribution < 1.29 is 14.3 Å². The first-order chi connectivity index (χ1) is 16.1. The van der Waals surface area contributed by atoms with Gasteiger partial charge >= 0.3 is 6.09 Å². The lowest BCUT2D eigenvalue weighted by Gasteiger charge is -2.33. The molecule has 0 spiro atoms. The van der Waals surface area contributed by atoms with Crippen LogP contribution in [0.25, 0.3) is 22.2 Å². The van der Waals surface area contributed by atoms with Crippen molar-refractivity contribution in [2.45, 2.75) is 64.9 Å². The maximum absolute atomic E-state index is 12.4. The molecule has 1 saturated heterocycles. The molecule has 1 aliphatic rings. The van der Waals surface area contributed by atoms with E-state index < -0.39 is 5.60 Å². The van der Waals surface area contributed by atoms with Gasteiger partial charge in [0.1, 0.15) is 16.4 Å². The standard InChI is InChI=1S/C27H32ClN3O3/c1-16(2)24-21-13-18(17-8-10-31(11-9-17)26(33)34-27(3,4)5)6-7-22(21)30-25(24)19-12-20(15-32)29-23(28)14-19/h6-7,12-17,30H,8-11H2,1-5H3. The summed E-state index contributed by atoms with van der Waals surface area (Å²) in [5, 5.41) is 1.48. The van der Waals surface area contributed by atoms with Crippen molar-refractivity contribution in [2.24, 2.45) is 0 Å². The van der Waals surface area contributed by atoms with Crippen molar-refractivity contribution in [1.29, 1.82) is 0 Å². The van der Waals surface area contributed by atoms with Gasteiger partial charge in [0, 0.05) is 29.6 Å². The minimum absolute atomic E-state index is 0.232. The Morgan fingerprint density at radius 2 is 1.91 bits per heavy atom. The average Bonchev–Trinajstić information content (AvgIpc) is 3.16. The molecule has 1 amide bonds. The number of H-pyrrole nitrogens is 1. The highest BCUT2D eigenvalue weighted by Crippen LogP contribution is 2.39. The summed E-state index contributed by atoms with van der Waals surface area (Å²) in [6.45, 7) is 11.4. The third kappa shape index (κ3) is 5.12. The Morgan fingerprint density at radius 3 is 2.53 bits per heavy atom. The number of aromatic nitrogens is 2. The molecule has 0 saturated carbocycles. The van der Waals surface area contributed by atoms with E-state index >= 15 is 0 Å². The van der Waals surface area contributed by atoms with Crippen LogP contribution in [0.3, 0.4) is 0 Å². The van der Waals surface area contributed by atoms with Crippen LogP contribution >= 0.6 is 11.6 Å². The number of carbonyl (C=O) groups is 2. The number of likely N-dealkylation sites (tertiary alicyclic amines) is 1. The van der Waals surface area contributed by atoms with Crippen molar-refractivity contribution in [1.82, 2.24) is 14.9 Å². The predicted molar refractivity (Wildman–Crippen MR) is 136 cm³/mol. The van der Waals surface area contributed by atoms with Gasteiger partial charge in [-0.25, -0.2) is 9.78 Å². The van der Waals surface area contributed by atoms with Crippen molar-refractivity contribution in [3.63, 3.8) is 0 Å². The van der Waals surface area contributed by atoms with Crippen LogP contribution in [0.5, 0.6) is 0 Å². The normalized spacial score (nSPS) is 15.2. The van der Waals surface area contributed by atoms with Gasteiger partial charge < -0.3 is 14.6 Å². The number of nitrogens with zero attached hydrogens (tertiary/aromatic N) is 2. The van der Waals surface area contributed by atoms with E-state index in [4.69, 9.17) is 16.3 Å². The second-order valence-corrected chi connectivity index (χ2v) is 10.7. The van der Waals surface area contributed by atoms with Crippen LogP contribution in [0.15, 0.2) is 30.3 Å². The van der Waals surface area contributed by atoms with Crippen molar-refractivity contribution >= 4 is 34.9 Å². The number of ether oxygens (including phenoxy) is 1. The summed E-state index contributed by atoms with van der Waals surface area (Å²) in [4.78, 5) is 33.2. The monoisotopic (exact) mass is 481 g/mol. The van der Waals surface area contributed by atoms with Gasteiger partial charge in [-0.2, -0.15) is 0 Å². The molecular formula is C27H32ClN3O3. The van der Waals surface area contributed by atoms with Gasteiger partial charge in [-0.1, -0.05) is 31.5 Å². The smallest absolute Gasteiger partial charge is 0.410 e. The summed E-state index contributed by atoms with van der Waals surface area (Å²) < 4.78 is 5.53. The number of rotatable bonds is 4. The van der Waals surface area contributed by atoms with E-state index in [-0.39, 0.29) is 12.0 Å². The third-order valence-electron chi connectivity index (χ3n) is 6.28. The maximum atomic E-state index is 12.4. The highest BCUT2D eigenvalue weighted by atomic mass is 35.5. The summed E-state index contributed by atoms with van der Waals surface area (Å²) in [6.07, 6.45) is 2.29. The van der Waals surface area contributed by atoms with E-state index in [1.165, 1.54) is 16.5 Å². The number of pyridine rings is 1. The zero-order chi connectivity index (χ0) is 24.6. The SMILES string of the molecule is CC(C)c1c(-c2cc(Cl)nc(C=O)c2)[nH]c2ccc(C3CCN(C(=O)OC(C)(C)C)CC3)cc12. The Morgan fingerprint density at radius 1 is 1.21 bits per heavy atom. The lowest BCUT2D eigenvalue weighted by atomic mass is 9.87. The number of carbonyl (C=O) groups excluding carboxylic acids is 2. The Labute approximate surface area is 205 Å². The predicted octanol–water partition coefficient (Wildman–Crippen LogP) is 6.93. The molecule has 0 atom stereocenters. The summed E-state index contributed by atoms with van der Waals surface area (Å²) >= 11 is 6.18. The number of hydrogen-bond donors (Lipinski definition) is 1. The average molecular weight is 482 g/mol. The summed E-state index contributed by atoms with van der Waals surface area (Å²) in [7, 11) is 0. The fraction of sp³-hybridized carbons (Fsp3) is 0.444. The fourth-order valence-corrected chi connectivity index (χ4v) is 4.97. The number of hydrogen-bond acceptors (Lipinski definition) is 4. The largest absolute Gasteiger partial charge is 0.444 e. The van der Waals surface area contributed by atoms with Gasteiger partial charge in [0.05, 0.1) is 5.69 Å². The number of aromatic amines is 1. The molecule has 34 heavy (non-hydrogen) atoms. The molecule has 1 N–H and O–H groups in total. The van der Waals surface area contributed by atoms with E-state index in [0.717, 1.165) is 35.9 Å². The van der Waals surface area contributed by atoms with Crippen molar-refractivity contribution in [3.05, 3.63) is 52.3 Å². The molecule has 0 bridgehead atoms. The van der Waals surface area contributed by atoms with Crippen LogP contribution < -0.4 is 0 Å². The second-order valence-electron chi connectivity index (χ2n) is 10.3. The Hall–Kier alpha value is -2.86. The lowest BCUT2D eigenvalue weighted by molar-refractivity contribution is 0.0205. The highest BCUT2D eigenvalue weighted by Gasteiger charge is 2.28. The lowest BCUT2D eigenvalue weighted by Crippen LogP contribution is -2.41. The highest BCUT2D eigenvalue weighted by molar-refractivity contribution is 6.29. The molecule has 3 aromatic rings. The number of nitrogens with one attached hydrogen (secondary N) is 1. The topological polar surface area (TPSA) is 75.3 Å². The minimum atomic E-state index is -0.482. The van der Waals surface area contributed by atoms with Crippen LogP contribution in [0.4, 0.5) is 4.79 Å². The van der Waals surface area contributed by atoms with Crippen LogP contribution in [0.1, 0.15) is 80.9 Å². The van der Waals surface area contributed by atoms with E-state index in [0.29, 0.717) is 29.9 Å². The zero-order valence-corrected chi connectivity index (χ0v) is 21.2. The number of amides is 1. The number of halogens is 1. The number of piperidine rings is 1. The van der Waals surface area contributed by atoms with Gasteiger partial charge in [0.25, 0.3) is 0 Å². The number of fused-ring (bicyclic) bond motifs is 1. The molecule has 0 aliphatic carbocycles. The molecule has 1 aromatic carbocycles. The van der Waals surface area contributed by atoms with Gasteiger partial charge in [-0.3, -0.25) is 4.79 Å². The van der Waals surface area contributed by atoms with Crippen LogP contribution in [0, 0.1) is 0 Å². The van der Waals surface area contributed by atoms with Crippen molar-refractivity contribution in [3.8, 4) is 11.3 Å². The van der Waals surface area contributed by atoms with Crippen LogP contribution in [-0.2, 0) is 4.74 Å². The molecule has 0 radical (unpaired) electrons. The molecule has 6 nitrogen and oxygen atoms in total.